The topological polar surface area (TPSA) is 38.7 Å². The number of ether oxygens (including phenoxy) is 2. The highest BCUT2D eigenvalue weighted by molar-refractivity contribution is 4.86. The lowest BCUT2D eigenvalue weighted by atomic mass is 9.82. The lowest BCUT2D eigenvalue weighted by Crippen LogP contribution is -2.44. The van der Waals surface area contributed by atoms with Crippen molar-refractivity contribution in [3.05, 3.63) is 0 Å². The van der Waals surface area contributed by atoms with Gasteiger partial charge in [-0.25, -0.2) is 0 Å². The first kappa shape index (κ1) is 11.0. The second kappa shape index (κ2) is 4.94. The Bertz CT molecular complexity index is 141. The van der Waals surface area contributed by atoms with Crippen LogP contribution in [0.2, 0.25) is 0 Å². The Morgan fingerprint density at radius 3 is 2.92 bits per heavy atom. The van der Waals surface area contributed by atoms with Crippen molar-refractivity contribution in [2.75, 3.05) is 26.9 Å². The Balaban J connectivity index is 2.37. The van der Waals surface area contributed by atoms with Crippen LogP contribution in [0.15, 0.2) is 0 Å². The van der Waals surface area contributed by atoms with Gasteiger partial charge >= 0.3 is 0 Å². The van der Waals surface area contributed by atoms with E-state index in [1.54, 1.807) is 7.11 Å². The van der Waals surface area contributed by atoms with E-state index in [2.05, 4.69) is 6.92 Å². The molecule has 0 aromatic heterocycles. The van der Waals surface area contributed by atoms with Gasteiger partial charge in [-0.2, -0.15) is 0 Å². The molecule has 0 saturated carbocycles. The number of hydrogen-bond donors (Lipinski definition) is 1. The van der Waals surface area contributed by atoms with Crippen LogP contribution in [0, 0.1) is 5.92 Å². The first-order valence-corrected chi connectivity index (χ1v) is 4.98. The van der Waals surface area contributed by atoms with Crippen LogP contribution in [-0.4, -0.2) is 37.6 Å². The molecule has 3 heteroatoms. The van der Waals surface area contributed by atoms with E-state index >= 15 is 0 Å². The van der Waals surface area contributed by atoms with E-state index in [1.165, 1.54) is 0 Å². The largest absolute Gasteiger partial charge is 0.387 e. The smallest absolute Gasteiger partial charge is 0.0907 e. The van der Waals surface area contributed by atoms with E-state index in [4.69, 9.17) is 9.47 Å². The van der Waals surface area contributed by atoms with Crippen molar-refractivity contribution in [3.8, 4) is 0 Å². The van der Waals surface area contributed by atoms with Gasteiger partial charge in [0.2, 0.25) is 0 Å². The van der Waals surface area contributed by atoms with Crippen LogP contribution in [-0.2, 0) is 9.47 Å². The van der Waals surface area contributed by atoms with Crippen LogP contribution < -0.4 is 0 Å². The molecule has 2 unspecified atom stereocenters. The zero-order chi connectivity index (χ0) is 9.73. The predicted molar refractivity (Wildman–Crippen MR) is 50.7 cm³/mol. The maximum absolute atomic E-state index is 10.2. The minimum atomic E-state index is -0.614. The summed E-state index contributed by atoms with van der Waals surface area (Å²) in [6.45, 7) is 4.05. The number of rotatable bonds is 4. The molecule has 1 N–H and O–H groups in total. The van der Waals surface area contributed by atoms with Gasteiger partial charge in [-0.3, -0.25) is 0 Å². The highest BCUT2D eigenvalue weighted by Crippen LogP contribution is 2.29. The molecular weight excluding hydrogens is 168 g/mol. The second-order valence-electron chi connectivity index (χ2n) is 3.94. The Labute approximate surface area is 80.0 Å². The summed E-state index contributed by atoms with van der Waals surface area (Å²) < 4.78 is 10.3. The monoisotopic (exact) mass is 188 g/mol. The summed E-state index contributed by atoms with van der Waals surface area (Å²) in [6.07, 6.45) is 2.72. The average Bonchev–Trinajstić information content (AvgIpc) is 2.15. The van der Waals surface area contributed by atoms with Gasteiger partial charge in [0.25, 0.3) is 0 Å². The summed E-state index contributed by atoms with van der Waals surface area (Å²) in [6, 6.07) is 0. The molecule has 1 aliphatic heterocycles. The van der Waals surface area contributed by atoms with Gasteiger partial charge in [0, 0.05) is 20.3 Å². The molecule has 0 spiro atoms. The van der Waals surface area contributed by atoms with Crippen LogP contribution >= 0.6 is 0 Å². The van der Waals surface area contributed by atoms with Crippen LogP contribution in [0.3, 0.4) is 0 Å². The zero-order valence-electron chi connectivity index (χ0n) is 8.58. The number of hydrogen-bond acceptors (Lipinski definition) is 3. The van der Waals surface area contributed by atoms with E-state index in [1.807, 2.05) is 0 Å². The van der Waals surface area contributed by atoms with Crippen molar-refractivity contribution in [3.63, 3.8) is 0 Å². The molecule has 0 bridgehead atoms. The van der Waals surface area contributed by atoms with Gasteiger partial charge < -0.3 is 14.6 Å². The van der Waals surface area contributed by atoms with Gasteiger partial charge in [0.05, 0.1) is 12.2 Å². The molecule has 1 heterocycles. The van der Waals surface area contributed by atoms with Crippen molar-refractivity contribution >= 4 is 0 Å². The Hall–Kier alpha value is -0.120. The summed E-state index contributed by atoms with van der Waals surface area (Å²) >= 11 is 0. The Kier molecular flexibility index (Phi) is 4.16. The molecule has 1 rings (SSSR count). The van der Waals surface area contributed by atoms with E-state index < -0.39 is 5.60 Å². The van der Waals surface area contributed by atoms with Crippen LogP contribution in [0.5, 0.6) is 0 Å². The molecule has 0 radical (unpaired) electrons. The van der Waals surface area contributed by atoms with Gasteiger partial charge in [-0.15, -0.1) is 0 Å². The molecule has 13 heavy (non-hydrogen) atoms. The molecule has 3 nitrogen and oxygen atoms in total. The molecule has 1 fully saturated rings. The standard InChI is InChI=1S/C10H20O3/c1-9(4-7-12-2)10(11)5-3-6-13-8-10/h9,11H,3-8H2,1-2H3. The Morgan fingerprint density at radius 1 is 1.62 bits per heavy atom. The van der Waals surface area contributed by atoms with Crippen LogP contribution in [0.1, 0.15) is 26.2 Å². The SMILES string of the molecule is COCCC(C)C1(O)CCCOC1. The minimum absolute atomic E-state index is 0.257. The van der Waals surface area contributed by atoms with Crippen molar-refractivity contribution in [2.24, 2.45) is 5.92 Å². The highest BCUT2D eigenvalue weighted by atomic mass is 16.5. The first-order valence-electron chi connectivity index (χ1n) is 4.98. The fourth-order valence-corrected chi connectivity index (χ4v) is 1.75. The van der Waals surface area contributed by atoms with E-state index in [9.17, 15) is 5.11 Å². The fourth-order valence-electron chi connectivity index (χ4n) is 1.75. The highest BCUT2D eigenvalue weighted by Gasteiger charge is 2.35. The third-order valence-corrected chi connectivity index (χ3v) is 2.92. The molecule has 0 aromatic rings. The summed E-state index contributed by atoms with van der Waals surface area (Å²) in [5.41, 5.74) is -0.614. The van der Waals surface area contributed by atoms with Crippen LogP contribution in [0.25, 0.3) is 0 Å². The summed E-state index contributed by atoms with van der Waals surface area (Å²) in [5.74, 6) is 0.257. The van der Waals surface area contributed by atoms with Gasteiger partial charge in [0.15, 0.2) is 0 Å². The van der Waals surface area contributed by atoms with E-state index in [0.29, 0.717) is 13.2 Å². The first-order chi connectivity index (χ1) is 6.19. The van der Waals surface area contributed by atoms with Gasteiger partial charge in [-0.05, 0) is 25.2 Å². The maximum atomic E-state index is 10.2. The third-order valence-electron chi connectivity index (χ3n) is 2.92. The van der Waals surface area contributed by atoms with Crippen LogP contribution in [0.4, 0.5) is 0 Å². The maximum Gasteiger partial charge on any atom is 0.0907 e. The van der Waals surface area contributed by atoms with E-state index in [0.717, 1.165) is 25.9 Å². The summed E-state index contributed by atoms with van der Waals surface area (Å²) in [7, 11) is 1.69. The van der Waals surface area contributed by atoms with Gasteiger partial charge in [-0.1, -0.05) is 6.92 Å². The van der Waals surface area contributed by atoms with Crippen molar-refractivity contribution in [2.45, 2.75) is 31.8 Å². The lowest BCUT2D eigenvalue weighted by Gasteiger charge is -2.37. The normalized spacial score (nSPS) is 31.6. The summed E-state index contributed by atoms with van der Waals surface area (Å²) in [4.78, 5) is 0. The summed E-state index contributed by atoms with van der Waals surface area (Å²) in [5, 5.41) is 10.2. The van der Waals surface area contributed by atoms with Crippen molar-refractivity contribution in [1.82, 2.24) is 0 Å². The zero-order valence-corrected chi connectivity index (χ0v) is 8.58. The average molecular weight is 188 g/mol. The number of aliphatic hydroxyl groups is 1. The van der Waals surface area contributed by atoms with Gasteiger partial charge in [0.1, 0.15) is 0 Å². The lowest BCUT2D eigenvalue weighted by molar-refractivity contribution is -0.119. The Morgan fingerprint density at radius 2 is 2.38 bits per heavy atom. The molecule has 1 aliphatic rings. The fraction of sp³-hybridized carbons (Fsp3) is 1.00. The minimum Gasteiger partial charge on any atom is -0.387 e. The number of methoxy groups -OCH3 is 1. The molecule has 0 aromatic carbocycles. The van der Waals surface area contributed by atoms with E-state index in [-0.39, 0.29) is 5.92 Å². The van der Waals surface area contributed by atoms with Crippen molar-refractivity contribution in [1.29, 1.82) is 0 Å². The molecular formula is C10H20O3. The van der Waals surface area contributed by atoms with Crippen molar-refractivity contribution < 1.29 is 14.6 Å². The third kappa shape index (κ3) is 2.93. The predicted octanol–water partition coefficient (Wildman–Crippen LogP) is 1.20. The molecule has 2 atom stereocenters. The molecule has 78 valence electrons. The molecule has 0 aliphatic carbocycles. The molecule has 1 saturated heterocycles. The molecule has 0 amide bonds. The quantitative estimate of drug-likeness (QED) is 0.720. The second-order valence-corrected chi connectivity index (χ2v) is 3.94.